The second-order valence-electron chi connectivity index (χ2n) is 9.93. The van der Waals surface area contributed by atoms with Gasteiger partial charge in [-0.05, 0) is 36.8 Å². The van der Waals surface area contributed by atoms with E-state index in [1.54, 1.807) is 7.11 Å². The maximum atomic E-state index is 13.0. The molecular formula is C22H29ClN2O2. The van der Waals surface area contributed by atoms with E-state index < -0.39 is 0 Å². The molecule has 3 aliphatic heterocycles. The van der Waals surface area contributed by atoms with Crippen LogP contribution in [0.4, 0.5) is 5.69 Å². The Morgan fingerprint density at radius 2 is 2.04 bits per heavy atom. The van der Waals surface area contributed by atoms with Crippen molar-refractivity contribution in [2.24, 2.45) is 17.3 Å². The zero-order chi connectivity index (χ0) is 17.9. The predicted molar refractivity (Wildman–Crippen MR) is 99.8 cm³/mol. The fourth-order valence-electron chi connectivity index (χ4n) is 9.19. The molecule has 6 rings (SSSR count). The van der Waals surface area contributed by atoms with Crippen molar-refractivity contribution in [3.05, 3.63) is 29.8 Å². The van der Waals surface area contributed by atoms with Crippen LogP contribution in [0.5, 0.6) is 0 Å². The van der Waals surface area contributed by atoms with E-state index in [1.807, 2.05) is 0 Å². The summed E-state index contributed by atoms with van der Waals surface area (Å²) in [5.41, 5.74) is 2.92. The van der Waals surface area contributed by atoms with Gasteiger partial charge in [0, 0.05) is 17.5 Å². The molecule has 5 heteroatoms. The number of hydrogen-bond acceptors (Lipinski definition) is 3. The first kappa shape index (κ1) is 17.8. The maximum Gasteiger partial charge on any atom is 0.311 e. The molecule has 1 aromatic rings. The number of nitrogens with one attached hydrogen (secondary N) is 1. The van der Waals surface area contributed by atoms with Crippen LogP contribution in [0.3, 0.4) is 0 Å². The van der Waals surface area contributed by atoms with Crippen LogP contribution in [0.2, 0.25) is 0 Å². The van der Waals surface area contributed by atoms with Gasteiger partial charge in [0.25, 0.3) is 0 Å². The summed E-state index contributed by atoms with van der Waals surface area (Å²) in [6, 6.07) is 9.52. The summed E-state index contributed by atoms with van der Waals surface area (Å²) < 4.78 is 6.56. The van der Waals surface area contributed by atoms with Gasteiger partial charge in [-0.15, -0.1) is 0 Å². The smallest absolute Gasteiger partial charge is 0.311 e. The molecule has 1 N–H and O–H groups in total. The van der Waals surface area contributed by atoms with Crippen LogP contribution in [-0.2, 0) is 14.9 Å². The second kappa shape index (κ2) is 5.01. The summed E-state index contributed by atoms with van der Waals surface area (Å²) in [6.07, 6.45) is 4.76. The number of halogens is 1. The van der Waals surface area contributed by atoms with Gasteiger partial charge in [-0.1, -0.05) is 25.1 Å². The Kier molecular flexibility index (Phi) is 3.31. The van der Waals surface area contributed by atoms with Crippen LogP contribution < -0.4 is 17.7 Å². The lowest BCUT2D eigenvalue weighted by Crippen LogP contribution is -3.00. The number of anilines is 1. The molecule has 2 saturated carbocycles. The molecule has 4 fully saturated rings. The SMILES string of the molecule is COC(=O)C1C[C@@]23CCC[N+]4(C)CC[C@@]5(c6ccccc6N[C@]15[C@@H]2C)[C@H]34.[Cl-]. The number of benzene rings is 1. The third-order valence-corrected chi connectivity index (χ3v) is 9.62. The monoisotopic (exact) mass is 388 g/mol. The van der Waals surface area contributed by atoms with Crippen molar-refractivity contribution in [2.75, 3.05) is 32.6 Å². The second-order valence-corrected chi connectivity index (χ2v) is 9.93. The first-order valence-corrected chi connectivity index (χ1v) is 10.3. The van der Waals surface area contributed by atoms with Gasteiger partial charge < -0.3 is 26.9 Å². The van der Waals surface area contributed by atoms with Gasteiger partial charge in [0.15, 0.2) is 0 Å². The van der Waals surface area contributed by atoms with Crippen molar-refractivity contribution in [3.63, 3.8) is 0 Å². The molecule has 2 saturated heterocycles. The highest BCUT2D eigenvalue weighted by atomic mass is 35.5. The fourth-order valence-corrected chi connectivity index (χ4v) is 9.19. The van der Waals surface area contributed by atoms with Gasteiger partial charge >= 0.3 is 5.97 Å². The van der Waals surface area contributed by atoms with Crippen LogP contribution >= 0.6 is 0 Å². The summed E-state index contributed by atoms with van der Waals surface area (Å²) in [7, 11) is 4.06. The number of para-hydroxylation sites is 1. The topological polar surface area (TPSA) is 38.3 Å². The van der Waals surface area contributed by atoms with Crippen LogP contribution in [0.1, 0.15) is 38.2 Å². The molecule has 0 amide bonds. The molecule has 2 unspecified atom stereocenters. The Morgan fingerprint density at radius 1 is 1.26 bits per heavy atom. The number of fused-ring (bicyclic) bond motifs is 1. The van der Waals surface area contributed by atoms with Crippen molar-refractivity contribution < 1.29 is 26.4 Å². The van der Waals surface area contributed by atoms with Crippen molar-refractivity contribution >= 4 is 11.7 Å². The first-order chi connectivity index (χ1) is 12.5. The zero-order valence-corrected chi connectivity index (χ0v) is 17.2. The van der Waals surface area contributed by atoms with E-state index in [4.69, 9.17) is 4.74 Å². The Labute approximate surface area is 167 Å². The quantitative estimate of drug-likeness (QED) is 0.541. The lowest BCUT2D eigenvalue weighted by molar-refractivity contribution is -0.936. The molecule has 4 nitrogen and oxygen atoms in total. The van der Waals surface area contributed by atoms with Gasteiger partial charge in [0.2, 0.25) is 0 Å². The summed E-state index contributed by atoms with van der Waals surface area (Å²) in [6.45, 7) is 4.98. The Bertz CT molecular complexity index is 845. The molecule has 1 aromatic carbocycles. The molecule has 2 bridgehead atoms. The number of rotatable bonds is 1. The standard InChI is InChI=1S/C22H29N2O2.ClH/c1-14-20-9-6-11-24(2)12-10-21(19(20)24)15-7-4-5-8-17(15)23-22(14,21)16(13-20)18(25)26-3;/h4-5,7-8,14,16,19,23H,6,9-13H2,1-3H3;1H/q+1;/p-1/t14-,16?,19+,20+,21-,22-,24?;/m1./s1. The molecule has 5 aliphatic rings. The predicted octanol–water partition coefficient (Wildman–Crippen LogP) is -0.0656. The van der Waals surface area contributed by atoms with E-state index in [0.717, 1.165) is 6.42 Å². The molecule has 2 aliphatic carbocycles. The number of likely N-dealkylation sites (N-methyl/N-ethyl adjacent to an activating group) is 1. The van der Waals surface area contributed by atoms with Gasteiger partial charge in [-0.3, -0.25) is 4.79 Å². The van der Waals surface area contributed by atoms with Crippen LogP contribution in [0.15, 0.2) is 24.3 Å². The number of esters is 1. The number of carbonyl (C=O) groups is 1. The van der Waals surface area contributed by atoms with Gasteiger partial charge in [0.05, 0.1) is 44.1 Å². The number of hydrogen-bond donors (Lipinski definition) is 1. The summed E-state index contributed by atoms with van der Waals surface area (Å²) in [5, 5.41) is 3.99. The Morgan fingerprint density at radius 3 is 2.81 bits per heavy atom. The Hall–Kier alpha value is -1.26. The third kappa shape index (κ3) is 1.52. The summed E-state index contributed by atoms with van der Waals surface area (Å²) in [5.74, 6) is 0.462. The van der Waals surface area contributed by atoms with Crippen molar-refractivity contribution in [1.82, 2.24) is 0 Å². The normalized spacial score (nSPS) is 50.3. The van der Waals surface area contributed by atoms with Crippen molar-refractivity contribution in [1.29, 1.82) is 0 Å². The number of quaternary nitrogens is 1. The van der Waals surface area contributed by atoms with Crippen LogP contribution in [-0.4, -0.2) is 49.3 Å². The molecule has 3 heterocycles. The number of ether oxygens (including phenoxy) is 1. The highest BCUT2D eigenvalue weighted by molar-refractivity contribution is 5.82. The van der Waals surface area contributed by atoms with E-state index in [-0.39, 0.29) is 40.7 Å². The highest BCUT2D eigenvalue weighted by Gasteiger charge is 2.89. The van der Waals surface area contributed by atoms with Gasteiger partial charge in [0.1, 0.15) is 6.04 Å². The minimum Gasteiger partial charge on any atom is -1.00 e. The fraction of sp³-hybridized carbons (Fsp3) is 0.682. The van der Waals surface area contributed by atoms with E-state index in [9.17, 15) is 4.79 Å². The largest absolute Gasteiger partial charge is 1.00 e. The van der Waals surface area contributed by atoms with Gasteiger partial charge in [-0.25, -0.2) is 0 Å². The average molecular weight is 389 g/mol. The first-order valence-electron chi connectivity index (χ1n) is 10.3. The highest BCUT2D eigenvalue weighted by Crippen LogP contribution is 2.80. The minimum atomic E-state index is -0.172. The van der Waals surface area contributed by atoms with E-state index in [0.29, 0.717) is 12.0 Å². The summed E-state index contributed by atoms with van der Waals surface area (Å²) >= 11 is 0. The van der Waals surface area contributed by atoms with Gasteiger partial charge in [-0.2, -0.15) is 0 Å². The molecule has 0 aromatic heterocycles. The minimum absolute atomic E-state index is 0. The van der Waals surface area contributed by atoms with Crippen molar-refractivity contribution in [2.45, 2.75) is 49.6 Å². The van der Waals surface area contributed by atoms with E-state index >= 15 is 0 Å². The molecular weight excluding hydrogens is 360 g/mol. The van der Waals surface area contributed by atoms with Crippen molar-refractivity contribution in [3.8, 4) is 0 Å². The van der Waals surface area contributed by atoms with E-state index in [1.165, 1.54) is 48.1 Å². The zero-order valence-electron chi connectivity index (χ0n) is 16.4. The molecule has 3 spiro atoms. The number of nitrogens with zero attached hydrogens (tertiary/aromatic N) is 1. The number of carbonyl (C=O) groups excluding carboxylic acids is 1. The maximum absolute atomic E-state index is 13.0. The molecule has 7 atom stereocenters. The summed E-state index contributed by atoms with van der Waals surface area (Å²) in [4.78, 5) is 13.0. The Balaban J connectivity index is 0.00000160. The average Bonchev–Trinajstić information content (AvgIpc) is 3.27. The molecule has 146 valence electrons. The third-order valence-electron chi connectivity index (χ3n) is 9.62. The lowest BCUT2D eigenvalue weighted by Gasteiger charge is -2.54. The lowest BCUT2D eigenvalue weighted by atomic mass is 9.56. The van der Waals surface area contributed by atoms with Crippen LogP contribution in [0.25, 0.3) is 0 Å². The number of methoxy groups -OCH3 is 1. The molecule has 0 radical (unpaired) electrons. The van der Waals surface area contributed by atoms with Crippen LogP contribution in [0, 0.1) is 17.3 Å². The molecule has 27 heavy (non-hydrogen) atoms. The van der Waals surface area contributed by atoms with E-state index in [2.05, 4.69) is 43.6 Å². The number of piperidine rings is 1.